The van der Waals surface area contributed by atoms with Crippen molar-refractivity contribution in [1.29, 1.82) is 0 Å². The van der Waals surface area contributed by atoms with Gasteiger partial charge in [-0.15, -0.1) is 0 Å². The van der Waals surface area contributed by atoms with Gasteiger partial charge in [0.15, 0.2) is 0 Å². The van der Waals surface area contributed by atoms with Crippen LogP contribution < -0.4 is 5.63 Å². The predicted octanol–water partition coefficient (Wildman–Crippen LogP) is 2.60. The van der Waals surface area contributed by atoms with Crippen LogP contribution in [-0.4, -0.2) is 21.9 Å². The Hall–Kier alpha value is -2.11. The maximum Gasteiger partial charge on any atom is 0.336 e. The second-order valence-corrected chi connectivity index (χ2v) is 6.06. The SMILES string of the molecule is CC(C)(O)[C@H](O)CCc1c2ccoc2cc2oc(=O)ccc12. The zero-order chi connectivity index (χ0) is 15.9. The molecular weight excluding hydrogens is 284 g/mol. The zero-order valence-electron chi connectivity index (χ0n) is 12.5. The highest BCUT2D eigenvalue weighted by Crippen LogP contribution is 2.30. The first kappa shape index (κ1) is 14.8. The minimum atomic E-state index is -1.16. The fraction of sp³-hybridized carbons (Fsp3) is 0.353. The third-order valence-electron chi connectivity index (χ3n) is 3.95. The Bertz CT molecular complexity index is 866. The molecule has 0 bridgehead atoms. The fourth-order valence-corrected chi connectivity index (χ4v) is 2.64. The second kappa shape index (κ2) is 5.26. The van der Waals surface area contributed by atoms with Gasteiger partial charge in [0, 0.05) is 22.9 Å². The molecule has 116 valence electrons. The van der Waals surface area contributed by atoms with Crippen LogP contribution in [0.5, 0.6) is 0 Å². The summed E-state index contributed by atoms with van der Waals surface area (Å²) in [5, 5.41) is 21.6. The van der Waals surface area contributed by atoms with E-state index >= 15 is 0 Å². The molecule has 3 rings (SSSR count). The van der Waals surface area contributed by atoms with E-state index in [9.17, 15) is 15.0 Å². The van der Waals surface area contributed by atoms with Crippen molar-refractivity contribution in [1.82, 2.24) is 0 Å². The number of fused-ring (bicyclic) bond motifs is 2. The first-order valence-electron chi connectivity index (χ1n) is 7.19. The van der Waals surface area contributed by atoms with Gasteiger partial charge in [0.1, 0.15) is 11.2 Å². The van der Waals surface area contributed by atoms with E-state index in [0.29, 0.717) is 24.0 Å². The highest BCUT2D eigenvalue weighted by atomic mass is 16.4. The molecule has 1 atom stereocenters. The van der Waals surface area contributed by atoms with Crippen LogP contribution in [0.4, 0.5) is 0 Å². The molecule has 1 aromatic carbocycles. The molecule has 0 radical (unpaired) electrons. The number of aliphatic hydroxyl groups excluding tert-OH is 1. The lowest BCUT2D eigenvalue weighted by Gasteiger charge is -2.24. The van der Waals surface area contributed by atoms with Gasteiger partial charge >= 0.3 is 5.63 Å². The summed E-state index contributed by atoms with van der Waals surface area (Å²) in [7, 11) is 0. The molecule has 22 heavy (non-hydrogen) atoms. The van der Waals surface area contributed by atoms with Crippen molar-refractivity contribution in [3.8, 4) is 0 Å². The largest absolute Gasteiger partial charge is 0.464 e. The van der Waals surface area contributed by atoms with Gasteiger partial charge < -0.3 is 19.0 Å². The van der Waals surface area contributed by atoms with Gasteiger partial charge in [0.05, 0.1) is 18.0 Å². The van der Waals surface area contributed by atoms with Gasteiger partial charge in [-0.3, -0.25) is 0 Å². The summed E-state index contributed by atoms with van der Waals surface area (Å²) in [5.41, 5.74) is 0.457. The third kappa shape index (κ3) is 2.65. The van der Waals surface area contributed by atoms with E-state index in [1.54, 1.807) is 32.2 Å². The quantitative estimate of drug-likeness (QED) is 0.724. The number of furan rings is 1. The maximum absolute atomic E-state index is 11.4. The average molecular weight is 302 g/mol. The minimum absolute atomic E-state index is 0.391. The van der Waals surface area contributed by atoms with Crippen LogP contribution in [0.3, 0.4) is 0 Å². The van der Waals surface area contributed by atoms with Gasteiger partial charge in [0.25, 0.3) is 0 Å². The normalized spacial score (nSPS) is 13.8. The summed E-state index contributed by atoms with van der Waals surface area (Å²) in [6.07, 6.45) is 1.66. The van der Waals surface area contributed by atoms with Gasteiger partial charge in [-0.2, -0.15) is 0 Å². The first-order chi connectivity index (χ1) is 10.4. The Labute approximate surface area is 126 Å². The van der Waals surface area contributed by atoms with E-state index in [1.165, 1.54) is 6.07 Å². The summed E-state index contributed by atoms with van der Waals surface area (Å²) in [5.74, 6) is 0. The Morgan fingerprint density at radius 2 is 1.91 bits per heavy atom. The van der Waals surface area contributed by atoms with Crippen molar-refractivity contribution in [2.24, 2.45) is 0 Å². The highest BCUT2D eigenvalue weighted by Gasteiger charge is 2.24. The molecule has 0 fully saturated rings. The van der Waals surface area contributed by atoms with Crippen LogP contribution >= 0.6 is 0 Å². The molecule has 2 N–H and O–H groups in total. The summed E-state index contributed by atoms with van der Waals surface area (Å²) < 4.78 is 10.6. The van der Waals surface area contributed by atoms with E-state index in [0.717, 1.165) is 16.3 Å². The van der Waals surface area contributed by atoms with Crippen molar-refractivity contribution >= 4 is 21.9 Å². The average Bonchev–Trinajstić information content (AvgIpc) is 2.89. The lowest BCUT2D eigenvalue weighted by Crippen LogP contribution is -2.36. The van der Waals surface area contributed by atoms with E-state index in [-0.39, 0.29) is 0 Å². The monoisotopic (exact) mass is 302 g/mol. The lowest BCUT2D eigenvalue weighted by atomic mass is 9.93. The van der Waals surface area contributed by atoms with E-state index in [4.69, 9.17) is 8.83 Å². The van der Waals surface area contributed by atoms with Crippen molar-refractivity contribution < 1.29 is 19.0 Å². The first-order valence-corrected chi connectivity index (χ1v) is 7.19. The standard InChI is InChI=1S/C17H18O5/c1-17(2,20)15(18)5-3-10-11-4-6-16(19)22-14(11)9-13-12(10)7-8-21-13/h4,6-9,15,18,20H,3,5H2,1-2H3/t15-/m1/s1. The van der Waals surface area contributed by atoms with Crippen molar-refractivity contribution in [3.63, 3.8) is 0 Å². The van der Waals surface area contributed by atoms with E-state index < -0.39 is 17.3 Å². The predicted molar refractivity (Wildman–Crippen MR) is 82.9 cm³/mol. The molecule has 0 spiro atoms. The van der Waals surface area contributed by atoms with E-state index in [2.05, 4.69) is 0 Å². The summed E-state index contributed by atoms with van der Waals surface area (Å²) >= 11 is 0. The van der Waals surface area contributed by atoms with Crippen LogP contribution in [0, 0.1) is 0 Å². The number of aryl methyl sites for hydroxylation is 1. The molecule has 0 amide bonds. The molecule has 2 heterocycles. The fourth-order valence-electron chi connectivity index (χ4n) is 2.64. The number of hydrogen-bond donors (Lipinski definition) is 2. The minimum Gasteiger partial charge on any atom is -0.464 e. The zero-order valence-corrected chi connectivity index (χ0v) is 12.5. The smallest absolute Gasteiger partial charge is 0.336 e. The maximum atomic E-state index is 11.4. The molecule has 0 aliphatic carbocycles. The molecule has 0 saturated heterocycles. The summed E-state index contributed by atoms with van der Waals surface area (Å²) in [6.45, 7) is 3.15. The molecule has 0 aliphatic rings. The van der Waals surface area contributed by atoms with Gasteiger partial charge in [-0.1, -0.05) is 0 Å². The van der Waals surface area contributed by atoms with Crippen molar-refractivity contribution in [2.45, 2.75) is 38.4 Å². The molecule has 2 aromatic heterocycles. The number of rotatable bonds is 4. The van der Waals surface area contributed by atoms with Gasteiger partial charge in [0.2, 0.25) is 0 Å². The molecular formula is C17H18O5. The Morgan fingerprint density at radius 3 is 2.64 bits per heavy atom. The Balaban J connectivity index is 2.08. The number of hydrogen-bond acceptors (Lipinski definition) is 5. The molecule has 0 saturated carbocycles. The molecule has 5 nitrogen and oxygen atoms in total. The lowest BCUT2D eigenvalue weighted by molar-refractivity contribution is -0.0509. The van der Waals surface area contributed by atoms with Crippen LogP contribution in [0.2, 0.25) is 0 Å². The molecule has 0 aliphatic heterocycles. The summed E-state index contributed by atoms with van der Waals surface area (Å²) in [6, 6.07) is 6.65. The Morgan fingerprint density at radius 1 is 1.18 bits per heavy atom. The third-order valence-corrected chi connectivity index (χ3v) is 3.95. The summed E-state index contributed by atoms with van der Waals surface area (Å²) in [4.78, 5) is 11.4. The van der Waals surface area contributed by atoms with Crippen molar-refractivity contribution in [3.05, 3.63) is 46.5 Å². The van der Waals surface area contributed by atoms with Gasteiger partial charge in [-0.05, 0) is 44.4 Å². The highest BCUT2D eigenvalue weighted by molar-refractivity contribution is 5.97. The van der Waals surface area contributed by atoms with Crippen molar-refractivity contribution in [2.75, 3.05) is 0 Å². The van der Waals surface area contributed by atoms with Crippen LogP contribution in [-0.2, 0) is 6.42 Å². The van der Waals surface area contributed by atoms with Crippen LogP contribution in [0.25, 0.3) is 21.9 Å². The second-order valence-electron chi connectivity index (χ2n) is 6.06. The van der Waals surface area contributed by atoms with E-state index in [1.807, 2.05) is 6.07 Å². The number of aliphatic hydroxyl groups is 2. The van der Waals surface area contributed by atoms with Crippen LogP contribution in [0.1, 0.15) is 25.8 Å². The van der Waals surface area contributed by atoms with Crippen LogP contribution in [0.15, 0.2) is 44.2 Å². The topological polar surface area (TPSA) is 83.8 Å². The molecule has 3 aromatic rings. The molecule has 5 heteroatoms. The van der Waals surface area contributed by atoms with Gasteiger partial charge in [-0.25, -0.2) is 4.79 Å². The number of benzene rings is 1. The molecule has 0 unspecified atom stereocenters. The Kier molecular flexibility index (Phi) is 3.54.